The number of hydrogen-bond donors (Lipinski definition) is 2. The molecule has 1 fully saturated rings. The summed E-state index contributed by atoms with van der Waals surface area (Å²) < 4.78 is 31.6. The van der Waals surface area contributed by atoms with Crippen molar-refractivity contribution in [3.63, 3.8) is 0 Å². The molecule has 0 bridgehead atoms. The van der Waals surface area contributed by atoms with E-state index in [0.717, 1.165) is 21.6 Å². The van der Waals surface area contributed by atoms with Gasteiger partial charge in [-0.25, -0.2) is 4.79 Å². The van der Waals surface area contributed by atoms with Gasteiger partial charge in [0, 0.05) is 17.1 Å². The first kappa shape index (κ1) is 31.5. The van der Waals surface area contributed by atoms with Gasteiger partial charge in [0.2, 0.25) is 0 Å². The first-order valence-corrected chi connectivity index (χ1v) is 15.6. The monoisotopic (exact) mass is 642 g/mol. The van der Waals surface area contributed by atoms with Crippen LogP contribution in [-0.2, 0) is 26.4 Å². The number of aromatic amines is 1. The Labute approximate surface area is 269 Å². The molecule has 0 radical (unpaired) electrons. The number of nitrogens with one attached hydrogen (secondary N) is 1. The number of aromatic nitrogens is 2. The topological polar surface area (TPSA) is 121 Å². The zero-order chi connectivity index (χ0) is 32.1. The molecule has 0 saturated carbocycles. The fraction of sp³-hybridized carbons (Fsp3) is 0.257. The van der Waals surface area contributed by atoms with Crippen molar-refractivity contribution in [2.45, 2.75) is 36.7 Å². The van der Waals surface area contributed by atoms with Gasteiger partial charge in [-0.2, -0.15) is 0 Å². The smallest absolute Gasteiger partial charge is 0.330 e. The molecule has 6 rings (SSSR count). The Balaban J connectivity index is 1.39. The van der Waals surface area contributed by atoms with E-state index in [4.69, 9.17) is 23.7 Å². The minimum Gasteiger partial charge on any atom is -0.497 e. The van der Waals surface area contributed by atoms with Gasteiger partial charge in [0.1, 0.15) is 35.4 Å². The molecule has 0 unspecified atom stereocenters. The quantitative estimate of drug-likeness (QED) is 0.191. The van der Waals surface area contributed by atoms with E-state index in [9.17, 15) is 14.7 Å². The molecule has 46 heavy (non-hydrogen) atoms. The van der Waals surface area contributed by atoms with Gasteiger partial charge in [0.15, 0.2) is 6.23 Å². The van der Waals surface area contributed by atoms with E-state index in [1.54, 1.807) is 14.2 Å². The Bertz CT molecular complexity index is 1770. The molecular formula is C35H34N2O8S. The summed E-state index contributed by atoms with van der Waals surface area (Å²) in [6.07, 6.45) is -2.71. The molecule has 2 aromatic heterocycles. The zero-order valence-corrected chi connectivity index (χ0v) is 26.1. The van der Waals surface area contributed by atoms with E-state index >= 15 is 0 Å². The van der Waals surface area contributed by atoms with Gasteiger partial charge in [0.05, 0.1) is 27.4 Å². The highest BCUT2D eigenvalue weighted by molar-refractivity contribution is 7.09. The fourth-order valence-corrected chi connectivity index (χ4v) is 6.37. The third-order valence-corrected chi connectivity index (χ3v) is 8.92. The van der Waals surface area contributed by atoms with Crippen LogP contribution in [-0.4, -0.2) is 53.8 Å². The summed E-state index contributed by atoms with van der Waals surface area (Å²) in [7, 11) is 3.22. The van der Waals surface area contributed by atoms with Gasteiger partial charge in [0.25, 0.3) is 5.56 Å². The van der Waals surface area contributed by atoms with Crippen molar-refractivity contribution in [2.75, 3.05) is 20.8 Å². The van der Waals surface area contributed by atoms with Crippen LogP contribution in [0.1, 0.15) is 27.8 Å². The molecule has 3 aromatic carbocycles. The maximum Gasteiger partial charge on any atom is 0.330 e. The second-order valence-electron chi connectivity index (χ2n) is 10.7. The number of aliphatic hydroxyl groups excluding tert-OH is 1. The minimum atomic E-state index is -1.18. The van der Waals surface area contributed by atoms with Crippen LogP contribution in [0.2, 0.25) is 0 Å². The molecule has 10 nitrogen and oxygen atoms in total. The van der Waals surface area contributed by atoms with E-state index in [1.165, 1.54) is 28.2 Å². The summed E-state index contributed by atoms with van der Waals surface area (Å²) in [5.74, 6) is 1.38. The number of benzene rings is 3. The first-order chi connectivity index (χ1) is 22.4. The van der Waals surface area contributed by atoms with Crippen LogP contribution < -0.4 is 20.7 Å². The number of thiophene rings is 1. The standard InChI is InChI=1S/C35H34N2O8S/c1-41-26-14-10-24(11-15-26)35(23-7-4-3-5-8-23,25-12-16-27(42-2)17-13-25)44-22-29-31(39)32(43-21-28-9-6-20-46-28)33(45-29)37-19-18-30(38)36-34(37)40/h3-20,29,31-33,39H,21-22H2,1-2H3,(H,36,38,40)/t29-,31-,32-,33-/m1/s1. The summed E-state index contributed by atoms with van der Waals surface area (Å²) in [4.78, 5) is 27.9. The Morgan fingerprint density at radius 1 is 0.848 bits per heavy atom. The van der Waals surface area contributed by atoms with E-state index in [-0.39, 0.29) is 13.2 Å². The SMILES string of the molecule is COc1ccc(C(OC[C@H]2O[C@@H](n3ccc(=O)[nH]c3=O)[C@H](OCc3cccs3)[C@@H]2O)(c2ccccc2)c2ccc(OC)cc2)cc1. The van der Waals surface area contributed by atoms with Gasteiger partial charge >= 0.3 is 5.69 Å². The van der Waals surface area contributed by atoms with Crippen molar-refractivity contribution in [1.82, 2.24) is 9.55 Å². The summed E-state index contributed by atoms with van der Waals surface area (Å²) >= 11 is 1.52. The predicted molar refractivity (Wildman–Crippen MR) is 172 cm³/mol. The van der Waals surface area contributed by atoms with Crippen molar-refractivity contribution >= 4 is 11.3 Å². The Hall–Kier alpha value is -4.52. The average Bonchev–Trinajstić information content (AvgIpc) is 3.72. The van der Waals surface area contributed by atoms with Crippen LogP contribution in [0, 0.1) is 0 Å². The number of rotatable bonds is 12. The Kier molecular flexibility index (Phi) is 9.48. The highest BCUT2D eigenvalue weighted by atomic mass is 32.1. The lowest BCUT2D eigenvalue weighted by Crippen LogP contribution is -2.41. The maximum atomic E-state index is 12.8. The fourth-order valence-electron chi connectivity index (χ4n) is 5.74. The van der Waals surface area contributed by atoms with Crippen molar-refractivity contribution in [3.8, 4) is 11.5 Å². The van der Waals surface area contributed by atoms with Crippen molar-refractivity contribution in [2.24, 2.45) is 0 Å². The number of H-pyrrole nitrogens is 1. The highest BCUT2D eigenvalue weighted by Gasteiger charge is 2.48. The van der Waals surface area contributed by atoms with Crippen LogP contribution in [0.5, 0.6) is 11.5 Å². The molecule has 11 heteroatoms. The van der Waals surface area contributed by atoms with E-state index in [2.05, 4.69) is 4.98 Å². The number of hydrogen-bond acceptors (Lipinski definition) is 9. The third-order valence-electron chi connectivity index (χ3n) is 8.07. The van der Waals surface area contributed by atoms with Crippen molar-refractivity contribution in [3.05, 3.63) is 151 Å². The Morgan fingerprint density at radius 2 is 1.48 bits per heavy atom. The van der Waals surface area contributed by atoms with Crippen molar-refractivity contribution in [1.29, 1.82) is 0 Å². The molecule has 1 aliphatic rings. The number of aliphatic hydroxyl groups is 1. The van der Waals surface area contributed by atoms with E-state index in [1.807, 2.05) is 96.4 Å². The van der Waals surface area contributed by atoms with Crippen LogP contribution >= 0.6 is 11.3 Å². The van der Waals surface area contributed by atoms with E-state index in [0.29, 0.717) is 11.5 Å². The van der Waals surface area contributed by atoms with Crippen LogP contribution in [0.4, 0.5) is 0 Å². The maximum absolute atomic E-state index is 12.8. The van der Waals surface area contributed by atoms with Gasteiger partial charge < -0.3 is 28.8 Å². The summed E-state index contributed by atoms with van der Waals surface area (Å²) in [5.41, 5.74) is 0.112. The van der Waals surface area contributed by atoms with Crippen LogP contribution in [0.25, 0.3) is 0 Å². The van der Waals surface area contributed by atoms with Crippen molar-refractivity contribution < 1.29 is 28.8 Å². The second-order valence-corrected chi connectivity index (χ2v) is 11.8. The normalized spacial score (nSPS) is 19.6. The van der Waals surface area contributed by atoms with Gasteiger partial charge in [-0.05, 0) is 52.4 Å². The lowest BCUT2D eigenvalue weighted by atomic mass is 9.80. The number of nitrogens with zero attached hydrogens (tertiary/aromatic N) is 1. The summed E-state index contributed by atoms with van der Waals surface area (Å²) in [6.45, 7) is 0.123. The molecule has 4 atom stereocenters. The Morgan fingerprint density at radius 3 is 2.04 bits per heavy atom. The molecule has 3 heterocycles. The lowest BCUT2D eigenvalue weighted by Gasteiger charge is -2.37. The zero-order valence-electron chi connectivity index (χ0n) is 25.3. The molecule has 238 valence electrons. The van der Waals surface area contributed by atoms with E-state index < -0.39 is 41.4 Å². The molecule has 2 N–H and O–H groups in total. The molecule has 5 aromatic rings. The second kappa shape index (κ2) is 13.9. The summed E-state index contributed by atoms with van der Waals surface area (Å²) in [6, 6.07) is 30.1. The molecule has 0 amide bonds. The largest absolute Gasteiger partial charge is 0.497 e. The van der Waals surface area contributed by atoms with Gasteiger partial charge in [-0.1, -0.05) is 60.7 Å². The van der Waals surface area contributed by atoms with Crippen LogP contribution in [0.3, 0.4) is 0 Å². The lowest BCUT2D eigenvalue weighted by molar-refractivity contribution is -0.0990. The summed E-state index contributed by atoms with van der Waals surface area (Å²) in [5, 5.41) is 13.6. The first-order valence-electron chi connectivity index (χ1n) is 14.7. The highest BCUT2D eigenvalue weighted by Crippen LogP contribution is 2.43. The van der Waals surface area contributed by atoms with Gasteiger partial charge in [-0.3, -0.25) is 14.3 Å². The molecule has 0 aliphatic carbocycles. The predicted octanol–water partition coefficient (Wildman–Crippen LogP) is 4.47. The number of methoxy groups -OCH3 is 2. The molecule has 1 saturated heterocycles. The minimum absolute atomic E-state index is 0.0818. The van der Waals surface area contributed by atoms with Crippen LogP contribution in [0.15, 0.2) is 118 Å². The van der Waals surface area contributed by atoms with Gasteiger partial charge in [-0.15, -0.1) is 11.3 Å². The number of ether oxygens (including phenoxy) is 5. The third kappa shape index (κ3) is 6.28. The average molecular weight is 643 g/mol. The molecular weight excluding hydrogens is 608 g/mol. The molecule has 0 spiro atoms. The molecule has 1 aliphatic heterocycles.